The zero-order valence-corrected chi connectivity index (χ0v) is 18.6. The minimum Gasteiger partial charge on any atom is -0.379 e. The van der Waals surface area contributed by atoms with Crippen LogP contribution in [0.1, 0.15) is 50.4 Å². The van der Waals surface area contributed by atoms with Gasteiger partial charge in [0.25, 0.3) is 0 Å². The van der Waals surface area contributed by atoms with E-state index in [1.165, 1.54) is 32.1 Å². The van der Waals surface area contributed by atoms with Crippen LogP contribution in [0.3, 0.4) is 0 Å². The highest BCUT2D eigenvalue weighted by Crippen LogP contribution is 2.26. The van der Waals surface area contributed by atoms with Crippen molar-refractivity contribution in [2.24, 2.45) is 5.92 Å². The third kappa shape index (κ3) is 6.34. The van der Waals surface area contributed by atoms with Crippen molar-refractivity contribution >= 4 is 5.91 Å². The van der Waals surface area contributed by atoms with Gasteiger partial charge in [0.05, 0.1) is 26.2 Å². The van der Waals surface area contributed by atoms with Gasteiger partial charge in [-0.1, -0.05) is 43.5 Å². The van der Waals surface area contributed by atoms with Gasteiger partial charge in [-0.2, -0.15) is 0 Å². The first kappa shape index (κ1) is 21.9. The zero-order valence-electron chi connectivity index (χ0n) is 18.6. The third-order valence-corrected chi connectivity index (χ3v) is 6.57. The highest BCUT2D eigenvalue weighted by atomic mass is 16.5. The summed E-state index contributed by atoms with van der Waals surface area (Å²) in [6.45, 7) is 6.33. The Labute approximate surface area is 185 Å². The van der Waals surface area contributed by atoms with Gasteiger partial charge in [-0.25, -0.2) is 9.97 Å². The molecule has 2 fully saturated rings. The molecule has 6 heteroatoms. The van der Waals surface area contributed by atoms with E-state index in [1.54, 1.807) is 0 Å². The van der Waals surface area contributed by atoms with Gasteiger partial charge in [0.1, 0.15) is 5.82 Å². The standard InChI is InChI=1S/C25H34N4O2/c1-19(21-5-3-2-4-6-21)28-25(30)15-20-7-9-22(10-8-20)23-16-26-24(27-17-23)18-29-11-13-31-14-12-29/h7-10,16-17,19,21H,2-6,11-15,18H2,1H3,(H,28,30)/t19-/m1/s1. The molecule has 1 aromatic carbocycles. The van der Waals surface area contributed by atoms with E-state index >= 15 is 0 Å². The molecular formula is C25H34N4O2. The van der Waals surface area contributed by atoms with Crippen LogP contribution in [0.2, 0.25) is 0 Å². The molecule has 2 aromatic rings. The van der Waals surface area contributed by atoms with Crippen LogP contribution in [0.25, 0.3) is 11.1 Å². The molecule has 166 valence electrons. The fraction of sp³-hybridized carbons (Fsp3) is 0.560. The van der Waals surface area contributed by atoms with Gasteiger partial charge < -0.3 is 10.1 Å². The molecule has 2 heterocycles. The second-order valence-electron chi connectivity index (χ2n) is 8.90. The van der Waals surface area contributed by atoms with Crippen LogP contribution >= 0.6 is 0 Å². The summed E-state index contributed by atoms with van der Waals surface area (Å²) in [5.41, 5.74) is 3.09. The maximum Gasteiger partial charge on any atom is 0.224 e. The molecule has 1 saturated carbocycles. The lowest BCUT2D eigenvalue weighted by Gasteiger charge is -2.28. The molecule has 1 aliphatic carbocycles. The Balaban J connectivity index is 1.28. The molecule has 1 saturated heterocycles. The van der Waals surface area contributed by atoms with E-state index in [-0.39, 0.29) is 11.9 Å². The van der Waals surface area contributed by atoms with Crippen LogP contribution in [0.5, 0.6) is 0 Å². The molecule has 1 aliphatic heterocycles. The summed E-state index contributed by atoms with van der Waals surface area (Å²) in [4.78, 5) is 23.9. The van der Waals surface area contributed by atoms with Crippen LogP contribution in [0, 0.1) is 5.92 Å². The Bertz CT molecular complexity index is 826. The predicted molar refractivity (Wildman–Crippen MR) is 121 cm³/mol. The van der Waals surface area contributed by atoms with E-state index < -0.39 is 0 Å². The summed E-state index contributed by atoms with van der Waals surface area (Å²) in [6, 6.07) is 8.42. The summed E-state index contributed by atoms with van der Waals surface area (Å²) in [5.74, 6) is 1.58. The molecule has 0 spiro atoms. The molecular weight excluding hydrogens is 388 g/mol. The smallest absolute Gasteiger partial charge is 0.224 e. The van der Waals surface area contributed by atoms with Crippen LogP contribution in [-0.2, 0) is 22.5 Å². The van der Waals surface area contributed by atoms with Crippen LogP contribution < -0.4 is 5.32 Å². The van der Waals surface area contributed by atoms with Gasteiger partial charge in [-0.15, -0.1) is 0 Å². The van der Waals surface area contributed by atoms with E-state index in [4.69, 9.17) is 4.74 Å². The number of aromatic nitrogens is 2. The van der Waals surface area contributed by atoms with Crippen molar-refractivity contribution in [1.29, 1.82) is 0 Å². The average Bonchev–Trinajstić information content (AvgIpc) is 2.81. The van der Waals surface area contributed by atoms with Gasteiger partial charge in [0, 0.05) is 37.1 Å². The number of hydrogen-bond acceptors (Lipinski definition) is 5. The lowest BCUT2D eigenvalue weighted by Crippen LogP contribution is -2.39. The summed E-state index contributed by atoms with van der Waals surface area (Å²) in [7, 11) is 0. The van der Waals surface area contributed by atoms with Crippen LogP contribution in [0.15, 0.2) is 36.7 Å². The molecule has 2 aliphatic rings. The summed E-state index contributed by atoms with van der Waals surface area (Å²) >= 11 is 0. The maximum absolute atomic E-state index is 12.5. The maximum atomic E-state index is 12.5. The number of carbonyl (C=O) groups is 1. The fourth-order valence-corrected chi connectivity index (χ4v) is 4.60. The summed E-state index contributed by atoms with van der Waals surface area (Å²) in [6.07, 6.45) is 10.6. The van der Waals surface area contributed by atoms with Crippen molar-refractivity contribution in [1.82, 2.24) is 20.2 Å². The Morgan fingerprint density at radius 1 is 1.06 bits per heavy atom. The molecule has 1 amide bonds. The zero-order chi connectivity index (χ0) is 21.5. The minimum absolute atomic E-state index is 0.113. The van der Waals surface area contributed by atoms with Crippen molar-refractivity contribution in [2.75, 3.05) is 26.3 Å². The molecule has 31 heavy (non-hydrogen) atoms. The van der Waals surface area contributed by atoms with E-state index in [1.807, 2.05) is 36.7 Å². The summed E-state index contributed by atoms with van der Waals surface area (Å²) < 4.78 is 5.39. The topological polar surface area (TPSA) is 67.4 Å². The number of morpholine rings is 1. The van der Waals surface area contributed by atoms with E-state index in [2.05, 4.69) is 27.1 Å². The summed E-state index contributed by atoms with van der Waals surface area (Å²) in [5, 5.41) is 3.21. The predicted octanol–water partition coefficient (Wildman–Crippen LogP) is 3.60. The molecule has 0 bridgehead atoms. The van der Waals surface area contributed by atoms with Crippen molar-refractivity contribution in [3.63, 3.8) is 0 Å². The number of carbonyl (C=O) groups excluding carboxylic acids is 1. The van der Waals surface area contributed by atoms with Gasteiger partial charge >= 0.3 is 0 Å². The van der Waals surface area contributed by atoms with Crippen LogP contribution in [-0.4, -0.2) is 53.1 Å². The molecule has 6 nitrogen and oxygen atoms in total. The third-order valence-electron chi connectivity index (χ3n) is 6.57. The quantitative estimate of drug-likeness (QED) is 0.738. The first-order chi connectivity index (χ1) is 15.2. The van der Waals surface area contributed by atoms with E-state index in [0.717, 1.165) is 55.4 Å². The molecule has 1 atom stereocenters. The minimum atomic E-state index is 0.113. The molecule has 4 rings (SSSR count). The number of rotatable bonds is 7. The van der Waals surface area contributed by atoms with Crippen molar-refractivity contribution in [3.05, 3.63) is 48.0 Å². The van der Waals surface area contributed by atoms with Gasteiger partial charge in [-0.3, -0.25) is 9.69 Å². The lowest BCUT2D eigenvalue weighted by atomic mass is 9.84. The van der Waals surface area contributed by atoms with Crippen LogP contribution in [0.4, 0.5) is 0 Å². The number of nitrogens with zero attached hydrogens (tertiary/aromatic N) is 3. The van der Waals surface area contributed by atoms with Crippen molar-refractivity contribution in [2.45, 2.75) is 58.0 Å². The van der Waals surface area contributed by atoms with Gasteiger partial charge in [-0.05, 0) is 36.8 Å². The lowest BCUT2D eigenvalue weighted by molar-refractivity contribution is -0.121. The van der Waals surface area contributed by atoms with E-state index in [0.29, 0.717) is 12.3 Å². The second-order valence-corrected chi connectivity index (χ2v) is 8.90. The Morgan fingerprint density at radius 2 is 1.74 bits per heavy atom. The monoisotopic (exact) mass is 422 g/mol. The molecule has 1 aromatic heterocycles. The number of hydrogen-bond donors (Lipinski definition) is 1. The number of benzene rings is 1. The highest BCUT2D eigenvalue weighted by molar-refractivity contribution is 5.79. The highest BCUT2D eigenvalue weighted by Gasteiger charge is 2.21. The largest absolute Gasteiger partial charge is 0.379 e. The van der Waals surface area contributed by atoms with Crippen molar-refractivity contribution < 1.29 is 9.53 Å². The second kappa shape index (κ2) is 10.8. The average molecular weight is 423 g/mol. The number of ether oxygens (including phenoxy) is 1. The number of amides is 1. The Kier molecular flexibility index (Phi) is 7.65. The molecule has 1 N–H and O–H groups in total. The SMILES string of the molecule is C[C@@H](NC(=O)Cc1ccc(-c2cnc(CN3CCOCC3)nc2)cc1)C1CCCCC1. The fourth-order valence-electron chi connectivity index (χ4n) is 4.60. The van der Waals surface area contributed by atoms with Gasteiger partial charge in [0.2, 0.25) is 5.91 Å². The molecule has 0 unspecified atom stereocenters. The normalized spacial score (nSPS) is 19.1. The first-order valence-corrected chi connectivity index (χ1v) is 11.7. The molecule has 0 radical (unpaired) electrons. The first-order valence-electron chi connectivity index (χ1n) is 11.7. The van der Waals surface area contributed by atoms with Gasteiger partial charge in [0.15, 0.2) is 0 Å². The Morgan fingerprint density at radius 3 is 2.42 bits per heavy atom. The number of nitrogens with one attached hydrogen (secondary N) is 1. The Hall–Kier alpha value is -2.31. The van der Waals surface area contributed by atoms with E-state index in [9.17, 15) is 4.79 Å². The van der Waals surface area contributed by atoms with Crippen molar-refractivity contribution in [3.8, 4) is 11.1 Å².